The van der Waals surface area contributed by atoms with Crippen LogP contribution >= 0.6 is 0 Å². The van der Waals surface area contributed by atoms with E-state index in [4.69, 9.17) is 5.73 Å². The van der Waals surface area contributed by atoms with Crippen molar-refractivity contribution in [2.45, 2.75) is 6.92 Å². The van der Waals surface area contributed by atoms with Crippen LogP contribution in [0.25, 0.3) is 10.9 Å². The number of aromatic nitrogens is 1. The van der Waals surface area contributed by atoms with Crippen molar-refractivity contribution in [2.75, 3.05) is 5.73 Å². The number of nitrogens with two attached hydrogens (primary N) is 1. The molecule has 2 nitrogen and oxygen atoms in total. The molecule has 1 aromatic heterocycles. The molecule has 0 aliphatic carbocycles. The van der Waals surface area contributed by atoms with Crippen molar-refractivity contribution in [3.05, 3.63) is 36.0 Å². The minimum Gasteiger partial charge on any atom is -1.00 e. The number of hydrogen-bond donors (Lipinski definition) is 1. The van der Waals surface area contributed by atoms with Crippen molar-refractivity contribution in [1.29, 1.82) is 0 Å². The first-order valence-electron chi connectivity index (χ1n) is 3.94. The Balaban J connectivity index is 0.000000845. The van der Waals surface area contributed by atoms with Gasteiger partial charge in [-0.3, -0.25) is 0 Å². The Morgan fingerprint density at radius 2 is 1.92 bits per heavy atom. The molecule has 68 valence electrons. The van der Waals surface area contributed by atoms with Gasteiger partial charge in [0.2, 0.25) is 5.52 Å². The number of pyridine rings is 1. The van der Waals surface area contributed by atoms with Crippen LogP contribution < -0.4 is 34.7 Å². The first-order chi connectivity index (χ1) is 5.77. The number of halogens is 1. The van der Waals surface area contributed by atoms with E-state index in [-0.39, 0.29) is 24.0 Å². The summed E-state index contributed by atoms with van der Waals surface area (Å²) in [4.78, 5) is 3.25. The van der Waals surface area contributed by atoms with E-state index in [9.17, 15) is 0 Å². The first kappa shape index (κ1) is 10.2. The summed E-state index contributed by atoms with van der Waals surface area (Å²) in [5, 5.41) is 1.09. The summed E-state index contributed by atoms with van der Waals surface area (Å²) in [7, 11) is 0. The van der Waals surface area contributed by atoms with Crippen LogP contribution in [0.1, 0.15) is 5.69 Å². The summed E-state index contributed by atoms with van der Waals surface area (Å²) in [6.07, 6.45) is 0. The molecule has 0 fully saturated rings. The molecule has 0 atom stereocenters. The summed E-state index contributed by atoms with van der Waals surface area (Å²) in [5.74, 6) is 0. The predicted octanol–water partition coefficient (Wildman–Crippen LogP) is -1.45. The molecule has 1 heterocycles. The number of anilines is 1. The Morgan fingerprint density at radius 1 is 1.23 bits per heavy atom. The number of aromatic amines is 1. The Morgan fingerprint density at radius 3 is 2.69 bits per heavy atom. The molecule has 0 radical (unpaired) electrons. The minimum atomic E-state index is 0. The predicted molar refractivity (Wildman–Crippen MR) is 49.7 cm³/mol. The van der Waals surface area contributed by atoms with E-state index >= 15 is 0 Å². The number of rotatable bonds is 0. The number of nitrogens with one attached hydrogen (secondary N) is 1. The lowest BCUT2D eigenvalue weighted by Crippen LogP contribution is -3.00. The highest BCUT2D eigenvalue weighted by Crippen LogP contribution is 2.16. The van der Waals surface area contributed by atoms with Crippen LogP contribution in [0.5, 0.6) is 0 Å². The van der Waals surface area contributed by atoms with Crippen LogP contribution in [0, 0.1) is 6.92 Å². The summed E-state index contributed by atoms with van der Waals surface area (Å²) in [5.41, 5.74) is 8.85. The zero-order chi connectivity index (χ0) is 8.55. The zero-order valence-electron chi connectivity index (χ0n) is 7.34. The SMILES string of the molecule is Cc1cc(N)c2ccccc2[nH+]1.[I-]. The maximum absolute atomic E-state index is 5.84. The molecule has 13 heavy (non-hydrogen) atoms. The minimum absolute atomic E-state index is 0. The summed E-state index contributed by atoms with van der Waals surface area (Å²) < 4.78 is 0. The van der Waals surface area contributed by atoms with Crippen LogP contribution in [-0.4, -0.2) is 0 Å². The molecule has 0 aliphatic rings. The van der Waals surface area contributed by atoms with Gasteiger partial charge in [-0.15, -0.1) is 0 Å². The lowest BCUT2D eigenvalue weighted by molar-refractivity contribution is -0.354. The first-order valence-corrected chi connectivity index (χ1v) is 3.94. The van der Waals surface area contributed by atoms with Crippen LogP contribution in [0.2, 0.25) is 0 Å². The van der Waals surface area contributed by atoms with Crippen LogP contribution in [0.15, 0.2) is 30.3 Å². The molecule has 3 N–H and O–H groups in total. The van der Waals surface area contributed by atoms with E-state index in [2.05, 4.69) is 4.98 Å². The monoisotopic (exact) mass is 286 g/mol. The highest BCUT2D eigenvalue weighted by molar-refractivity contribution is 5.87. The van der Waals surface area contributed by atoms with E-state index < -0.39 is 0 Å². The van der Waals surface area contributed by atoms with Crippen molar-refractivity contribution in [2.24, 2.45) is 0 Å². The quantitative estimate of drug-likeness (QED) is 0.591. The number of nitrogen functional groups attached to an aromatic ring is 1. The van der Waals surface area contributed by atoms with Crippen molar-refractivity contribution in [3.63, 3.8) is 0 Å². The number of aryl methyl sites for hydroxylation is 1. The Bertz CT molecular complexity index is 426. The second-order valence-electron chi connectivity index (χ2n) is 2.95. The lowest BCUT2D eigenvalue weighted by Gasteiger charge is -1.96. The molecule has 0 unspecified atom stereocenters. The molecular weight excluding hydrogens is 275 g/mol. The molecule has 0 saturated carbocycles. The smallest absolute Gasteiger partial charge is 0.213 e. The van der Waals surface area contributed by atoms with E-state index in [1.807, 2.05) is 37.3 Å². The van der Waals surface area contributed by atoms with Gasteiger partial charge in [-0.05, 0) is 6.07 Å². The third-order valence-corrected chi connectivity index (χ3v) is 1.94. The van der Waals surface area contributed by atoms with Crippen LogP contribution in [0.4, 0.5) is 5.69 Å². The van der Waals surface area contributed by atoms with E-state index in [0.717, 1.165) is 22.3 Å². The molecule has 0 bridgehead atoms. The van der Waals surface area contributed by atoms with Crippen molar-refractivity contribution in [1.82, 2.24) is 0 Å². The van der Waals surface area contributed by atoms with E-state index in [1.165, 1.54) is 0 Å². The van der Waals surface area contributed by atoms with Gasteiger partial charge < -0.3 is 29.7 Å². The van der Waals surface area contributed by atoms with Gasteiger partial charge >= 0.3 is 0 Å². The number of H-pyrrole nitrogens is 1. The number of benzene rings is 1. The normalized spacial score (nSPS) is 9.62. The van der Waals surface area contributed by atoms with Crippen molar-refractivity contribution >= 4 is 16.6 Å². The van der Waals surface area contributed by atoms with Gasteiger partial charge in [0.1, 0.15) is 0 Å². The highest BCUT2D eigenvalue weighted by atomic mass is 127. The molecule has 0 amide bonds. The standard InChI is InChI=1S/C10H10N2.HI/c1-7-6-9(11)8-4-2-3-5-10(8)12-7;/h2-6H,1H3,(H2,11,12);1H. The molecule has 3 heteroatoms. The second kappa shape index (κ2) is 3.91. The van der Waals surface area contributed by atoms with Gasteiger partial charge in [-0.2, -0.15) is 0 Å². The van der Waals surface area contributed by atoms with E-state index in [0.29, 0.717) is 0 Å². The maximum atomic E-state index is 5.84. The van der Waals surface area contributed by atoms with Gasteiger partial charge in [0.25, 0.3) is 0 Å². The van der Waals surface area contributed by atoms with Crippen molar-refractivity contribution < 1.29 is 29.0 Å². The second-order valence-corrected chi connectivity index (χ2v) is 2.95. The number of para-hydroxylation sites is 1. The third-order valence-electron chi connectivity index (χ3n) is 1.94. The topological polar surface area (TPSA) is 40.2 Å². The third kappa shape index (κ3) is 1.91. The Hall–Kier alpha value is -0.840. The van der Waals surface area contributed by atoms with Crippen LogP contribution in [-0.2, 0) is 0 Å². The zero-order valence-corrected chi connectivity index (χ0v) is 9.50. The molecule has 0 saturated heterocycles. The molecule has 1 aromatic carbocycles. The highest BCUT2D eigenvalue weighted by Gasteiger charge is 2.04. The largest absolute Gasteiger partial charge is 1.00 e. The summed E-state index contributed by atoms with van der Waals surface area (Å²) >= 11 is 0. The average molecular weight is 286 g/mol. The van der Waals surface area contributed by atoms with Crippen LogP contribution in [0.3, 0.4) is 0 Å². The summed E-state index contributed by atoms with van der Waals surface area (Å²) in [6, 6.07) is 9.97. The molecule has 2 rings (SSSR count). The van der Waals surface area contributed by atoms with Crippen molar-refractivity contribution in [3.8, 4) is 0 Å². The molecule has 0 spiro atoms. The number of fused-ring (bicyclic) bond motifs is 1. The fourth-order valence-electron chi connectivity index (χ4n) is 1.40. The Labute approximate surface area is 94.2 Å². The fourth-order valence-corrected chi connectivity index (χ4v) is 1.40. The Kier molecular flexibility index (Phi) is 3.08. The molecular formula is C10H11IN2. The van der Waals surface area contributed by atoms with Gasteiger partial charge in [0.05, 0.1) is 11.1 Å². The number of hydrogen-bond acceptors (Lipinski definition) is 1. The maximum Gasteiger partial charge on any atom is 0.213 e. The lowest BCUT2D eigenvalue weighted by atomic mass is 10.2. The van der Waals surface area contributed by atoms with E-state index in [1.54, 1.807) is 0 Å². The van der Waals surface area contributed by atoms with Gasteiger partial charge in [-0.1, -0.05) is 12.1 Å². The summed E-state index contributed by atoms with van der Waals surface area (Å²) in [6.45, 7) is 2.00. The molecule has 0 aliphatic heterocycles. The van der Waals surface area contributed by atoms with Gasteiger partial charge in [0.15, 0.2) is 5.69 Å². The van der Waals surface area contributed by atoms with Gasteiger partial charge in [-0.25, -0.2) is 4.98 Å². The average Bonchev–Trinajstić information content (AvgIpc) is 2.04. The molecule has 2 aromatic rings. The van der Waals surface area contributed by atoms with Gasteiger partial charge in [0, 0.05) is 19.1 Å². The fraction of sp³-hybridized carbons (Fsp3) is 0.100.